The lowest BCUT2D eigenvalue weighted by atomic mass is 10.1. The molecular formula is C15H26N2O. The highest BCUT2D eigenvalue weighted by molar-refractivity contribution is 5.37. The summed E-state index contributed by atoms with van der Waals surface area (Å²) in [5, 5.41) is 3.19. The van der Waals surface area contributed by atoms with Crippen molar-refractivity contribution in [3.63, 3.8) is 0 Å². The molecule has 0 aliphatic heterocycles. The van der Waals surface area contributed by atoms with Gasteiger partial charge in [-0.15, -0.1) is 0 Å². The van der Waals surface area contributed by atoms with Crippen molar-refractivity contribution >= 4 is 0 Å². The Labute approximate surface area is 111 Å². The number of nitrogens with one attached hydrogen (secondary N) is 1. The van der Waals surface area contributed by atoms with Gasteiger partial charge in [-0.1, -0.05) is 19.9 Å². The third-order valence-corrected chi connectivity index (χ3v) is 3.11. The molecule has 1 N–H and O–H groups in total. The summed E-state index contributed by atoms with van der Waals surface area (Å²) >= 11 is 0. The SMILES string of the molecule is CCCN(CC)Cc1cc(CNC)ccc1OC. The normalized spacial score (nSPS) is 10.9. The number of benzene rings is 1. The van der Waals surface area contributed by atoms with E-state index >= 15 is 0 Å². The lowest BCUT2D eigenvalue weighted by molar-refractivity contribution is 0.275. The maximum Gasteiger partial charge on any atom is 0.123 e. The van der Waals surface area contributed by atoms with E-state index in [0.29, 0.717) is 0 Å². The van der Waals surface area contributed by atoms with E-state index in [4.69, 9.17) is 4.74 Å². The summed E-state index contributed by atoms with van der Waals surface area (Å²) in [7, 11) is 3.71. The zero-order chi connectivity index (χ0) is 13.4. The first-order valence-corrected chi connectivity index (χ1v) is 6.77. The average Bonchev–Trinajstić information content (AvgIpc) is 2.39. The van der Waals surface area contributed by atoms with Gasteiger partial charge in [-0.25, -0.2) is 0 Å². The van der Waals surface area contributed by atoms with E-state index in [2.05, 4.69) is 42.3 Å². The first kappa shape index (κ1) is 15.0. The van der Waals surface area contributed by atoms with Crippen molar-refractivity contribution in [3.05, 3.63) is 29.3 Å². The fraction of sp³-hybridized carbons (Fsp3) is 0.600. The topological polar surface area (TPSA) is 24.5 Å². The van der Waals surface area contributed by atoms with Crippen LogP contribution in [0.15, 0.2) is 18.2 Å². The molecule has 0 unspecified atom stereocenters. The van der Waals surface area contributed by atoms with Crippen LogP contribution >= 0.6 is 0 Å². The molecule has 102 valence electrons. The zero-order valence-electron chi connectivity index (χ0n) is 12.1. The third-order valence-electron chi connectivity index (χ3n) is 3.11. The van der Waals surface area contributed by atoms with Crippen molar-refractivity contribution < 1.29 is 4.74 Å². The van der Waals surface area contributed by atoms with Crippen LogP contribution in [-0.4, -0.2) is 32.1 Å². The van der Waals surface area contributed by atoms with Crippen LogP contribution in [-0.2, 0) is 13.1 Å². The highest BCUT2D eigenvalue weighted by Crippen LogP contribution is 2.21. The average molecular weight is 250 g/mol. The maximum atomic E-state index is 5.45. The van der Waals surface area contributed by atoms with Crippen LogP contribution in [0.2, 0.25) is 0 Å². The second-order valence-corrected chi connectivity index (χ2v) is 4.55. The standard InChI is InChI=1S/C15H26N2O/c1-5-9-17(6-2)12-14-10-13(11-16-3)7-8-15(14)18-4/h7-8,10,16H,5-6,9,11-12H2,1-4H3. The zero-order valence-corrected chi connectivity index (χ0v) is 12.1. The van der Waals surface area contributed by atoms with E-state index in [9.17, 15) is 0 Å². The molecule has 0 aliphatic carbocycles. The van der Waals surface area contributed by atoms with Crippen LogP contribution < -0.4 is 10.1 Å². The molecule has 3 nitrogen and oxygen atoms in total. The van der Waals surface area contributed by atoms with Gasteiger partial charge in [0, 0.05) is 18.7 Å². The predicted molar refractivity (Wildman–Crippen MR) is 77.0 cm³/mol. The van der Waals surface area contributed by atoms with Crippen molar-refractivity contribution in [1.29, 1.82) is 0 Å². The number of hydrogen-bond donors (Lipinski definition) is 1. The van der Waals surface area contributed by atoms with E-state index in [0.717, 1.165) is 31.9 Å². The Bertz CT molecular complexity index is 352. The Morgan fingerprint density at radius 1 is 1.28 bits per heavy atom. The molecular weight excluding hydrogens is 224 g/mol. The Balaban J connectivity index is 2.85. The van der Waals surface area contributed by atoms with E-state index < -0.39 is 0 Å². The number of ether oxygens (including phenoxy) is 1. The summed E-state index contributed by atoms with van der Waals surface area (Å²) in [6.07, 6.45) is 1.19. The number of hydrogen-bond acceptors (Lipinski definition) is 3. The van der Waals surface area contributed by atoms with E-state index in [-0.39, 0.29) is 0 Å². The van der Waals surface area contributed by atoms with Crippen LogP contribution in [0.3, 0.4) is 0 Å². The quantitative estimate of drug-likeness (QED) is 0.767. The van der Waals surface area contributed by atoms with Gasteiger partial charge in [-0.2, -0.15) is 0 Å². The van der Waals surface area contributed by atoms with Crippen LogP contribution in [0.4, 0.5) is 0 Å². The molecule has 0 saturated carbocycles. The second kappa shape index (κ2) is 8.11. The molecule has 1 aromatic carbocycles. The third kappa shape index (κ3) is 4.31. The van der Waals surface area contributed by atoms with Crippen molar-refractivity contribution in [1.82, 2.24) is 10.2 Å². The minimum atomic E-state index is 0.900. The first-order chi connectivity index (χ1) is 8.74. The lowest BCUT2D eigenvalue weighted by Crippen LogP contribution is -2.24. The largest absolute Gasteiger partial charge is 0.496 e. The highest BCUT2D eigenvalue weighted by Gasteiger charge is 2.08. The van der Waals surface area contributed by atoms with Gasteiger partial charge in [0.05, 0.1) is 7.11 Å². The maximum absolute atomic E-state index is 5.45. The van der Waals surface area contributed by atoms with Crippen LogP contribution in [0, 0.1) is 0 Å². The van der Waals surface area contributed by atoms with Crippen LogP contribution in [0.1, 0.15) is 31.4 Å². The van der Waals surface area contributed by atoms with Crippen molar-refractivity contribution in [3.8, 4) is 5.75 Å². The fourth-order valence-corrected chi connectivity index (χ4v) is 2.18. The molecule has 0 spiro atoms. The second-order valence-electron chi connectivity index (χ2n) is 4.55. The van der Waals surface area contributed by atoms with Crippen molar-refractivity contribution in [2.45, 2.75) is 33.4 Å². The molecule has 0 bridgehead atoms. The summed E-state index contributed by atoms with van der Waals surface area (Å²) in [6.45, 7) is 8.50. The van der Waals surface area contributed by atoms with E-state index in [1.165, 1.54) is 17.5 Å². The molecule has 0 fully saturated rings. The lowest BCUT2D eigenvalue weighted by Gasteiger charge is -2.21. The minimum absolute atomic E-state index is 0.900. The Morgan fingerprint density at radius 3 is 2.61 bits per heavy atom. The van der Waals surface area contributed by atoms with Gasteiger partial charge >= 0.3 is 0 Å². The summed E-state index contributed by atoms with van der Waals surface area (Å²) in [6, 6.07) is 6.43. The molecule has 18 heavy (non-hydrogen) atoms. The van der Waals surface area contributed by atoms with Gasteiger partial charge in [0.2, 0.25) is 0 Å². The molecule has 1 aromatic rings. The molecule has 0 aliphatic rings. The molecule has 0 aromatic heterocycles. The minimum Gasteiger partial charge on any atom is -0.496 e. The number of rotatable bonds is 8. The smallest absolute Gasteiger partial charge is 0.123 e. The van der Waals surface area contributed by atoms with Gasteiger partial charge in [-0.05, 0) is 44.3 Å². The fourth-order valence-electron chi connectivity index (χ4n) is 2.18. The Kier molecular flexibility index (Phi) is 6.76. The van der Waals surface area contributed by atoms with Gasteiger partial charge in [0.1, 0.15) is 5.75 Å². The summed E-state index contributed by atoms with van der Waals surface area (Å²) in [5.74, 6) is 0.990. The molecule has 0 amide bonds. The van der Waals surface area contributed by atoms with Crippen molar-refractivity contribution in [2.75, 3.05) is 27.2 Å². The van der Waals surface area contributed by atoms with Crippen LogP contribution in [0.25, 0.3) is 0 Å². The monoisotopic (exact) mass is 250 g/mol. The number of nitrogens with zero attached hydrogens (tertiary/aromatic N) is 1. The molecule has 3 heteroatoms. The van der Waals surface area contributed by atoms with Gasteiger partial charge in [0.15, 0.2) is 0 Å². The summed E-state index contributed by atoms with van der Waals surface area (Å²) in [4.78, 5) is 2.45. The molecule has 0 saturated heterocycles. The number of methoxy groups -OCH3 is 1. The van der Waals surface area contributed by atoms with Gasteiger partial charge in [0.25, 0.3) is 0 Å². The Morgan fingerprint density at radius 2 is 2.06 bits per heavy atom. The molecule has 0 atom stereocenters. The van der Waals surface area contributed by atoms with Gasteiger partial charge < -0.3 is 10.1 Å². The molecule has 1 rings (SSSR count). The summed E-state index contributed by atoms with van der Waals surface area (Å²) < 4.78 is 5.45. The molecule has 0 heterocycles. The summed E-state index contributed by atoms with van der Waals surface area (Å²) in [5.41, 5.74) is 2.58. The Hall–Kier alpha value is -1.06. The van der Waals surface area contributed by atoms with E-state index in [1.54, 1.807) is 7.11 Å². The van der Waals surface area contributed by atoms with Crippen LogP contribution in [0.5, 0.6) is 5.75 Å². The van der Waals surface area contributed by atoms with E-state index in [1.807, 2.05) is 7.05 Å². The molecule has 0 radical (unpaired) electrons. The highest BCUT2D eigenvalue weighted by atomic mass is 16.5. The predicted octanol–water partition coefficient (Wildman–Crippen LogP) is 2.65. The van der Waals surface area contributed by atoms with Crippen molar-refractivity contribution in [2.24, 2.45) is 0 Å². The van der Waals surface area contributed by atoms with Gasteiger partial charge in [-0.3, -0.25) is 4.90 Å². The first-order valence-electron chi connectivity index (χ1n) is 6.77.